The number of carbonyl (C=O) groups excluding carboxylic acids is 1. The average Bonchev–Trinajstić information content (AvgIpc) is 3.12. The molecule has 11 heteroatoms. The van der Waals surface area contributed by atoms with Crippen molar-refractivity contribution in [3.05, 3.63) is 36.0 Å². The minimum atomic E-state index is -0.990. The summed E-state index contributed by atoms with van der Waals surface area (Å²) in [6.07, 6.45) is 9.63. The SMILES string of the molecule is CCOC(=O)C=CC(C)=CCC(O)CC1C=CCC(CC(OC)C(C)C(O)CC(O)C(C)C(O)C(C)C(O)C(C)CCC2CC(OC)CC(C)O2)O1. The van der Waals surface area contributed by atoms with Gasteiger partial charge in [0.05, 0.1) is 73.8 Å². The molecule has 0 radical (unpaired) electrons. The molecular weight excluding hydrogens is 668 g/mol. The molecule has 0 aromatic carbocycles. The summed E-state index contributed by atoms with van der Waals surface area (Å²) >= 11 is 0. The lowest BCUT2D eigenvalue weighted by Crippen LogP contribution is -2.43. The van der Waals surface area contributed by atoms with Gasteiger partial charge < -0.3 is 49.2 Å². The maximum absolute atomic E-state index is 11.5. The molecule has 0 aromatic rings. The molecule has 1 saturated heterocycles. The van der Waals surface area contributed by atoms with Crippen molar-refractivity contribution in [3.8, 4) is 0 Å². The molecule has 15 unspecified atom stereocenters. The van der Waals surface area contributed by atoms with E-state index in [1.165, 1.54) is 6.08 Å². The van der Waals surface area contributed by atoms with Crippen LogP contribution in [-0.2, 0) is 28.5 Å². The fraction of sp³-hybridized carbons (Fsp3) is 0.829. The van der Waals surface area contributed by atoms with Crippen LogP contribution in [0.4, 0.5) is 0 Å². The number of ether oxygens (including phenoxy) is 5. The predicted octanol–water partition coefficient (Wildman–Crippen LogP) is 5.05. The van der Waals surface area contributed by atoms with Crippen LogP contribution in [0.15, 0.2) is 36.0 Å². The fourth-order valence-electron chi connectivity index (χ4n) is 7.49. The number of allylic oxidation sites excluding steroid dienone is 2. The minimum absolute atomic E-state index is 0.0532. The van der Waals surface area contributed by atoms with Gasteiger partial charge in [-0.25, -0.2) is 4.79 Å². The number of rotatable bonds is 23. The maximum atomic E-state index is 11.5. The van der Waals surface area contributed by atoms with Crippen LogP contribution in [0.5, 0.6) is 0 Å². The van der Waals surface area contributed by atoms with Gasteiger partial charge >= 0.3 is 5.97 Å². The molecule has 0 aliphatic carbocycles. The van der Waals surface area contributed by atoms with Crippen molar-refractivity contribution in [2.24, 2.45) is 23.7 Å². The van der Waals surface area contributed by atoms with Crippen LogP contribution >= 0.6 is 0 Å². The third-order valence-electron chi connectivity index (χ3n) is 11.2. The van der Waals surface area contributed by atoms with Gasteiger partial charge in [0.15, 0.2) is 0 Å². The zero-order valence-corrected chi connectivity index (χ0v) is 33.3. The Kier molecular flexibility index (Phi) is 21.4. The highest BCUT2D eigenvalue weighted by Gasteiger charge is 2.37. The average molecular weight is 741 g/mol. The summed E-state index contributed by atoms with van der Waals surface area (Å²) in [6, 6.07) is 0. The molecule has 302 valence electrons. The van der Waals surface area contributed by atoms with Crippen LogP contribution in [0.1, 0.15) is 106 Å². The number of aliphatic hydroxyl groups is 5. The Morgan fingerprint density at radius 1 is 0.904 bits per heavy atom. The first kappa shape index (κ1) is 46.5. The van der Waals surface area contributed by atoms with Gasteiger partial charge in [-0.1, -0.05) is 57.6 Å². The zero-order valence-electron chi connectivity index (χ0n) is 33.3. The lowest BCUT2D eigenvalue weighted by atomic mass is 9.79. The van der Waals surface area contributed by atoms with Crippen molar-refractivity contribution < 1.29 is 54.0 Å². The van der Waals surface area contributed by atoms with Crippen molar-refractivity contribution in [2.75, 3.05) is 20.8 Å². The van der Waals surface area contributed by atoms with Crippen molar-refractivity contribution in [2.45, 2.75) is 173 Å². The number of hydrogen-bond donors (Lipinski definition) is 5. The van der Waals surface area contributed by atoms with Gasteiger partial charge in [-0.3, -0.25) is 0 Å². The van der Waals surface area contributed by atoms with Crippen LogP contribution in [0.3, 0.4) is 0 Å². The summed E-state index contributed by atoms with van der Waals surface area (Å²) in [5.74, 6) is -1.85. The highest BCUT2D eigenvalue weighted by Crippen LogP contribution is 2.31. The monoisotopic (exact) mass is 741 g/mol. The Balaban J connectivity index is 1.83. The highest BCUT2D eigenvalue weighted by atomic mass is 16.5. The molecule has 0 bridgehead atoms. The summed E-state index contributed by atoms with van der Waals surface area (Å²) in [6.45, 7) is 13.4. The molecule has 52 heavy (non-hydrogen) atoms. The Morgan fingerprint density at radius 2 is 1.60 bits per heavy atom. The van der Waals surface area contributed by atoms with Gasteiger partial charge in [-0.2, -0.15) is 0 Å². The largest absolute Gasteiger partial charge is 0.463 e. The molecule has 1 fully saturated rings. The lowest BCUT2D eigenvalue weighted by molar-refractivity contribution is -0.137. The van der Waals surface area contributed by atoms with Crippen molar-refractivity contribution in [3.63, 3.8) is 0 Å². The van der Waals surface area contributed by atoms with Gasteiger partial charge in [0.1, 0.15) is 0 Å². The van der Waals surface area contributed by atoms with E-state index < -0.39 is 48.3 Å². The highest BCUT2D eigenvalue weighted by molar-refractivity contribution is 5.82. The molecule has 0 spiro atoms. The second-order valence-corrected chi connectivity index (χ2v) is 15.5. The first-order valence-corrected chi connectivity index (χ1v) is 19.5. The van der Waals surface area contributed by atoms with E-state index in [1.54, 1.807) is 34.1 Å². The van der Waals surface area contributed by atoms with E-state index in [0.29, 0.717) is 32.3 Å². The number of esters is 1. The minimum Gasteiger partial charge on any atom is -0.463 e. The summed E-state index contributed by atoms with van der Waals surface area (Å²) in [5.41, 5.74) is 0.851. The van der Waals surface area contributed by atoms with Crippen molar-refractivity contribution >= 4 is 5.97 Å². The zero-order chi connectivity index (χ0) is 39.0. The fourth-order valence-corrected chi connectivity index (χ4v) is 7.49. The molecule has 2 aliphatic heterocycles. The standard InChI is InChI=1S/C41H72O11/c1-10-50-39(45)19-15-25(2)14-17-31(42)21-32-12-11-13-33(52-32)23-38(49-9)28(5)36(43)24-37(44)29(6)41(47)30(7)40(46)26(3)16-18-34-22-35(48-8)20-27(4)51-34/h11-12,14-15,19,26-38,40-44,46-47H,10,13,16-18,20-24H2,1-9H3. The van der Waals surface area contributed by atoms with Gasteiger partial charge in [-0.15, -0.1) is 0 Å². The second-order valence-electron chi connectivity index (χ2n) is 15.5. The van der Waals surface area contributed by atoms with E-state index in [9.17, 15) is 30.3 Å². The first-order valence-electron chi connectivity index (χ1n) is 19.5. The molecule has 2 rings (SSSR count). The maximum Gasteiger partial charge on any atom is 0.330 e. The van der Waals surface area contributed by atoms with Gasteiger partial charge in [0.25, 0.3) is 0 Å². The van der Waals surface area contributed by atoms with Crippen LogP contribution < -0.4 is 0 Å². The number of aliphatic hydroxyl groups excluding tert-OH is 5. The second kappa shape index (κ2) is 24.0. The molecule has 11 nitrogen and oxygen atoms in total. The third kappa shape index (κ3) is 16.0. The molecule has 0 aromatic heterocycles. The summed E-state index contributed by atoms with van der Waals surface area (Å²) in [5, 5.41) is 55.3. The number of hydrogen-bond acceptors (Lipinski definition) is 11. The van der Waals surface area contributed by atoms with Crippen molar-refractivity contribution in [1.29, 1.82) is 0 Å². The number of carbonyl (C=O) groups is 1. The van der Waals surface area contributed by atoms with Crippen LogP contribution in [0.2, 0.25) is 0 Å². The third-order valence-corrected chi connectivity index (χ3v) is 11.2. The van der Waals surface area contributed by atoms with E-state index in [-0.39, 0.29) is 54.9 Å². The van der Waals surface area contributed by atoms with Crippen LogP contribution in [0.25, 0.3) is 0 Å². The molecular formula is C41H72O11. The first-order chi connectivity index (χ1) is 24.6. The van der Waals surface area contributed by atoms with Crippen molar-refractivity contribution in [1.82, 2.24) is 0 Å². The van der Waals surface area contributed by atoms with Crippen LogP contribution in [0, 0.1) is 23.7 Å². The summed E-state index contributed by atoms with van der Waals surface area (Å²) in [4.78, 5) is 11.5. The van der Waals surface area contributed by atoms with Gasteiger partial charge in [0, 0.05) is 50.9 Å². The molecule has 2 aliphatic rings. The lowest BCUT2D eigenvalue weighted by Gasteiger charge is -2.37. The van der Waals surface area contributed by atoms with E-state index in [0.717, 1.165) is 31.3 Å². The van der Waals surface area contributed by atoms with Crippen LogP contribution in [-0.4, -0.2) is 119 Å². The van der Waals surface area contributed by atoms with E-state index in [4.69, 9.17) is 23.7 Å². The Labute approximate surface area is 313 Å². The molecule has 5 N–H and O–H groups in total. The molecule has 0 amide bonds. The molecule has 15 atom stereocenters. The predicted molar refractivity (Wildman–Crippen MR) is 202 cm³/mol. The smallest absolute Gasteiger partial charge is 0.330 e. The normalized spacial score (nSPS) is 28.7. The van der Waals surface area contributed by atoms with E-state index in [2.05, 4.69) is 6.92 Å². The van der Waals surface area contributed by atoms with E-state index in [1.807, 2.05) is 45.9 Å². The molecule has 2 heterocycles. The quantitative estimate of drug-likeness (QED) is 0.0412. The van der Waals surface area contributed by atoms with Gasteiger partial charge in [0.2, 0.25) is 0 Å². The summed E-state index contributed by atoms with van der Waals surface area (Å²) in [7, 11) is 3.33. The van der Waals surface area contributed by atoms with E-state index >= 15 is 0 Å². The Morgan fingerprint density at radius 3 is 2.25 bits per heavy atom. The summed E-state index contributed by atoms with van der Waals surface area (Å²) < 4.78 is 28.6. The Hall–Kier alpha value is -1.67. The van der Waals surface area contributed by atoms with Gasteiger partial charge in [-0.05, 0) is 71.6 Å². The molecule has 0 saturated carbocycles. The Bertz CT molecular complexity index is 1090. The topological polar surface area (TPSA) is 164 Å². The number of methoxy groups -OCH3 is 2.